The number of methoxy groups -OCH3 is 1. The van der Waals surface area contributed by atoms with E-state index in [-0.39, 0.29) is 53.9 Å². The molecule has 17 heteroatoms. The average molecular weight is 972 g/mol. The monoisotopic (exact) mass is 971 g/mol. The number of carbonyl (C=O) groups is 6. The first-order valence-electron chi connectivity index (χ1n) is 24.6. The van der Waals surface area contributed by atoms with Crippen molar-refractivity contribution in [1.29, 1.82) is 0 Å². The summed E-state index contributed by atoms with van der Waals surface area (Å²) in [7, 11) is -2.21. The van der Waals surface area contributed by atoms with Gasteiger partial charge in [0.1, 0.15) is 21.7 Å². The fourth-order valence-corrected chi connectivity index (χ4v) is 11.5. The zero-order valence-corrected chi connectivity index (χ0v) is 41.1. The molecule has 0 bridgehead atoms. The molecule has 0 radical (unpaired) electrons. The fraction of sp³-hybridized carbons (Fsp3) is 0.538. The standard InChI is InChI=1S/C52H66FN5O10S/c1-5-68-45-28-36(18-21-44(45)67-3)43(32-69(4,65)66)58-51(63)47-35(17-19-41(54-33(2)59)48(47)52(58)64)16-14-12-10-8-6-7-9-11-13-15-25-56-26-23-34(24-27-56)38-29-37(53)30-39-40(38)31-57(50(39)62)42-20-22-46(60)55-49(42)61/h17-19,21,28-30,34,42-43H,5-16,20,22-27,31-32H2,1-4H3,(H,54,59)(H,55,60,61)/t42-,43+/m0/s1. The van der Waals surface area contributed by atoms with Crippen molar-refractivity contribution in [3.63, 3.8) is 0 Å². The summed E-state index contributed by atoms with van der Waals surface area (Å²) in [5, 5.41) is 5.03. The highest BCUT2D eigenvalue weighted by atomic mass is 32.2. The van der Waals surface area contributed by atoms with E-state index >= 15 is 0 Å². The normalized spacial score (nSPS) is 18.1. The molecule has 0 unspecified atom stereocenters. The number of fused-ring (bicyclic) bond motifs is 2. The van der Waals surface area contributed by atoms with E-state index in [1.54, 1.807) is 43.3 Å². The number of hydrogen-bond donors (Lipinski definition) is 2. The second kappa shape index (κ2) is 22.8. The molecule has 0 saturated carbocycles. The van der Waals surface area contributed by atoms with Gasteiger partial charge in [-0.3, -0.25) is 39.0 Å². The van der Waals surface area contributed by atoms with E-state index in [0.29, 0.717) is 41.2 Å². The number of likely N-dealkylation sites (tertiary alicyclic amines) is 1. The van der Waals surface area contributed by atoms with Crippen molar-refractivity contribution in [1.82, 2.24) is 20.0 Å². The lowest BCUT2D eigenvalue weighted by atomic mass is 9.85. The molecule has 7 rings (SSSR count). The van der Waals surface area contributed by atoms with Crippen LogP contribution in [-0.4, -0.2) is 110 Å². The third-order valence-corrected chi connectivity index (χ3v) is 14.9. The summed E-state index contributed by atoms with van der Waals surface area (Å²) >= 11 is 0. The number of ether oxygens (including phenoxy) is 2. The molecule has 2 atom stereocenters. The van der Waals surface area contributed by atoms with Gasteiger partial charge < -0.3 is 24.6 Å². The first kappa shape index (κ1) is 51.2. The lowest BCUT2D eigenvalue weighted by Crippen LogP contribution is -2.52. The molecule has 0 aromatic heterocycles. The number of piperidine rings is 2. The van der Waals surface area contributed by atoms with E-state index < -0.39 is 57.1 Å². The summed E-state index contributed by atoms with van der Waals surface area (Å²) in [6.45, 7) is 6.53. The van der Waals surface area contributed by atoms with Gasteiger partial charge in [0, 0.05) is 31.7 Å². The number of aryl methyl sites for hydroxylation is 1. The van der Waals surface area contributed by atoms with Crippen LogP contribution in [-0.2, 0) is 37.2 Å². The van der Waals surface area contributed by atoms with Crippen LogP contribution >= 0.6 is 0 Å². The maximum absolute atomic E-state index is 14.9. The number of halogens is 1. The molecule has 4 aliphatic rings. The number of rotatable bonds is 23. The summed E-state index contributed by atoms with van der Waals surface area (Å²) in [6, 6.07) is 9.23. The Hall–Kier alpha value is -5.68. The van der Waals surface area contributed by atoms with Crippen LogP contribution < -0.4 is 20.1 Å². The second-order valence-corrected chi connectivity index (χ2v) is 21.1. The van der Waals surface area contributed by atoms with Gasteiger partial charge in [0.2, 0.25) is 17.7 Å². The highest BCUT2D eigenvalue weighted by Crippen LogP contribution is 2.41. The molecule has 4 heterocycles. The molecule has 0 aliphatic carbocycles. The van der Waals surface area contributed by atoms with Crippen molar-refractivity contribution < 1.29 is 51.0 Å². The Kier molecular flexibility index (Phi) is 16.9. The topological polar surface area (TPSA) is 189 Å². The van der Waals surface area contributed by atoms with Crippen LogP contribution in [0.25, 0.3) is 0 Å². The van der Waals surface area contributed by atoms with Crippen LogP contribution in [0.1, 0.15) is 169 Å². The molecule has 3 aromatic rings. The van der Waals surface area contributed by atoms with Crippen molar-refractivity contribution in [2.75, 3.05) is 50.7 Å². The third kappa shape index (κ3) is 12.2. The maximum atomic E-state index is 14.9. The van der Waals surface area contributed by atoms with Crippen molar-refractivity contribution in [3.8, 4) is 11.5 Å². The molecular formula is C52H66FN5O10S. The zero-order chi connectivity index (χ0) is 49.4. The van der Waals surface area contributed by atoms with Crippen molar-refractivity contribution in [2.45, 2.75) is 135 Å². The number of amides is 6. The Balaban J connectivity index is 0.828. The summed E-state index contributed by atoms with van der Waals surface area (Å²) in [6.07, 6.45) is 14.6. The molecule has 3 aromatic carbocycles. The summed E-state index contributed by atoms with van der Waals surface area (Å²) in [5.41, 5.74) is 3.56. The first-order valence-corrected chi connectivity index (χ1v) is 26.6. The molecule has 15 nitrogen and oxygen atoms in total. The van der Waals surface area contributed by atoms with Crippen LogP contribution in [0.3, 0.4) is 0 Å². The molecule has 6 amide bonds. The summed E-state index contributed by atoms with van der Waals surface area (Å²) in [4.78, 5) is 83.3. The Morgan fingerprint density at radius 1 is 0.841 bits per heavy atom. The minimum atomic E-state index is -3.70. The molecule has 2 N–H and O–H groups in total. The van der Waals surface area contributed by atoms with E-state index in [2.05, 4.69) is 15.5 Å². The Labute approximate surface area is 404 Å². The number of unbranched alkanes of at least 4 members (excludes halogenated alkanes) is 9. The van der Waals surface area contributed by atoms with Gasteiger partial charge in [0.05, 0.1) is 42.3 Å². The van der Waals surface area contributed by atoms with E-state index in [0.717, 1.165) is 106 Å². The highest BCUT2D eigenvalue weighted by molar-refractivity contribution is 7.90. The van der Waals surface area contributed by atoms with E-state index in [9.17, 15) is 41.6 Å². The average Bonchev–Trinajstić information content (AvgIpc) is 3.77. The quantitative estimate of drug-likeness (QED) is 0.0702. The summed E-state index contributed by atoms with van der Waals surface area (Å²) in [5.74, 6) is -2.86. The lowest BCUT2D eigenvalue weighted by molar-refractivity contribution is -0.137. The van der Waals surface area contributed by atoms with Gasteiger partial charge in [-0.1, -0.05) is 63.5 Å². The van der Waals surface area contributed by atoms with Gasteiger partial charge >= 0.3 is 0 Å². The van der Waals surface area contributed by atoms with Crippen LogP contribution in [0, 0.1) is 5.82 Å². The Morgan fingerprint density at radius 3 is 2.14 bits per heavy atom. The number of carbonyl (C=O) groups excluding carboxylic acids is 6. The maximum Gasteiger partial charge on any atom is 0.264 e. The van der Waals surface area contributed by atoms with Crippen LogP contribution in [0.4, 0.5) is 10.1 Å². The number of imide groups is 2. The van der Waals surface area contributed by atoms with Gasteiger partial charge in [-0.25, -0.2) is 12.8 Å². The number of hydrogen-bond acceptors (Lipinski definition) is 11. The van der Waals surface area contributed by atoms with Crippen LogP contribution in [0.5, 0.6) is 11.5 Å². The molecule has 4 aliphatic heterocycles. The number of benzene rings is 3. The van der Waals surface area contributed by atoms with E-state index in [4.69, 9.17) is 9.47 Å². The molecule has 0 spiro atoms. The predicted octanol–water partition coefficient (Wildman–Crippen LogP) is 7.66. The van der Waals surface area contributed by atoms with Crippen molar-refractivity contribution in [2.24, 2.45) is 0 Å². The molecule has 2 saturated heterocycles. The minimum absolute atomic E-state index is 0.0698. The number of anilines is 1. The van der Waals surface area contributed by atoms with Gasteiger partial charge in [-0.15, -0.1) is 0 Å². The first-order chi connectivity index (χ1) is 33.1. The van der Waals surface area contributed by atoms with E-state index in [1.807, 2.05) is 0 Å². The van der Waals surface area contributed by atoms with Gasteiger partial charge in [0.25, 0.3) is 17.7 Å². The number of nitrogens with zero attached hydrogens (tertiary/aromatic N) is 3. The van der Waals surface area contributed by atoms with Gasteiger partial charge in [-0.2, -0.15) is 0 Å². The third-order valence-electron chi connectivity index (χ3n) is 14.0. The van der Waals surface area contributed by atoms with E-state index in [1.165, 1.54) is 37.8 Å². The molecule has 372 valence electrons. The lowest BCUT2D eigenvalue weighted by Gasteiger charge is -2.33. The molecule has 69 heavy (non-hydrogen) atoms. The summed E-state index contributed by atoms with van der Waals surface area (Å²) < 4.78 is 51.6. The smallest absolute Gasteiger partial charge is 0.264 e. The zero-order valence-electron chi connectivity index (χ0n) is 40.3. The van der Waals surface area contributed by atoms with Crippen molar-refractivity contribution >= 4 is 51.0 Å². The largest absolute Gasteiger partial charge is 0.493 e. The van der Waals surface area contributed by atoms with Gasteiger partial charge in [-0.05, 0) is 124 Å². The minimum Gasteiger partial charge on any atom is -0.493 e. The van der Waals surface area contributed by atoms with Crippen molar-refractivity contribution in [3.05, 3.63) is 87.2 Å². The highest BCUT2D eigenvalue weighted by Gasteiger charge is 2.45. The number of sulfone groups is 1. The second-order valence-electron chi connectivity index (χ2n) is 19.0. The fourth-order valence-electron chi connectivity index (χ4n) is 10.6. The Bertz CT molecular complexity index is 2560. The Morgan fingerprint density at radius 2 is 1.51 bits per heavy atom. The van der Waals surface area contributed by atoms with Crippen LogP contribution in [0.15, 0.2) is 42.5 Å². The van der Waals surface area contributed by atoms with Crippen LogP contribution in [0.2, 0.25) is 0 Å². The predicted molar refractivity (Wildman–Crippen MR) is 259 cm³/mol. The SMILES string of the molecule is CCOc1cc([C@@H](CS(C)(=O)=O)N2C(=O)c3c(CCCCCCCCCCCCN4CCC(c5cc(F)cc6c5CN([C@H]5CCC(=O)NC5=O)C6=O)CC4)ccc(NC(C)=O)c3C2=O)ccc1OC. The van der Waals surface area contributed by atoms with Gasteiger partial charge in [0.15, 0.2) is 11.5 Å². The molecular weight excluding hydrogens is 906 g/mol. The molecule has 2 fully saturated rings. The number of nitrogens with one attached hydrogen (secondary N) is 2.